The normalized spacial score (nSPS) is 10.1. The van der Waals surface area contributed by atoms with E-state index in [-0.39, 0.29) is 5.82 Å². The summed E-state index contributed by atoms with van der Waals surface area (Å²) in [4.78, 5) is 11.7. The molecule has 0 aliphatic heterocycles. The fraction of sp³-hybridized carbons (Fsp3) is 0. The molecular weight excluding hydrogens is 231 g/mol. The Balaban J connectivity index is 2.44. The van der Waals surface area contributed by atoms with Crippen LogP contribution in [0.25, 0.3) is 11.3 Å². The van der Waals surface area contributed by atoms with E-state index in [1.54, 1.807) is 0 Å². The maximum absolute atomic E-state index is 12.7. The molecule has 0 spiro atoms. The summed E-state index contributed by atoms with van der Waals surface area (Å²) in [7, 11) is 0. The number of benzene rings is 1. The van der Waals surface area contributed by atoms with Crippen LogP contribution in [0, 0.1) is 5.82 Å². The van der Waals surface area contributed by atoms with Gasteiger partial charge in [-0.2, -0.15) is 0 Å². The van der Waals surface area contributed by atoms with E-state index in [0.717, 1.165) is 11.5 Å². The topological polar surface area (TPSA) is 80.9 Å². The number of nitrogens with one attached hydrogen (secondary N) is 1. The van der Waals surface area contributed by atoms with Crippen LogP contribution in [0.1, 0.15) is 9.67 Å². The van der Waals surface area contributed by atoms with E-state index in [2.05, 4.69) is 9.59 Å². The second-order valence-electron chi connectivity index (χ2n) is 2.93. The van der Waals surface area contributed by atoms with Crippen molar-refractivity contribution in [3.8, 4) is 11.3 Å². The Hall–Kier alpha value is -1.86. The summed E-state index contributed by atoms with van der Waals surface area (Å²) in [6.07, 6.45) is 0. The van der Waals surface area contributed by atoms with Gasteiger partial charge < -0.3 is 0 Å². The van der Waals surface area contributed by atoms with Crippen LogP contribution in [-0.4, -0.2) is 15.5 Å². The lowest BCUT2D eigenvalue weighted by Crippen LogP contribution is -2.29. The number of amides is 1. The Bertz CT molecular complexity index is 510. The van der Waals surface area contributed by atoms with Gasteiger partial charge in [-0.25, -0.2) is 10.2 Å². The van der Waals surface area contributed by atoms with Gasteiger partial charge in [0.15, 0.2) is 0 Å². The second-order valence-corrected chi connectivity index (χ2v) is 3.69. The molecule has 1 aromatic heterocycles. The van der Waals surface area contributed by atoms with E-state index in [1.165, 1.54) is 24.3 Å². The number of nitrogens with zero attached hydrogens (tertiary/aromatic N) is 2. The summed E-state index contributed by atoms with van der Waals surface area (Å²) < 4.78 is 16.4. The average molecular weight is 238 g/mol. The maximum atomic E-state index is 12.7. The van der Waals surface area contributed by atoms with E-state index in [4.69, 9.17) is 5.84 Å². The zero-order valence-corrected chi connectivity index (χ0v) is 8.79. The average Bonchev–Trinajstić information content (AvgIpc) is 2.78. The number of carbonyl (C=O) groups is 1. The van der Waals surface area contributed by atoms with Crippen LogP contribution in [0.2, 0.25) is 0 Å². The smallest absolute Gasteiger partial charge is 0.279 e. The minimum atomic E-state index is -0.464. The third-order valence-corrected chi connectivity index (χ3v) is 2.67. The molecule has 2 rings (SSSR count). The summed E-state index contributed by atoms with van der Waals surface area (Å²) in [5.74, 6) is 4.21. The summed E-state index contributed by atoms with van der Waals surface area (Å²) in [5, 5.41) is 3.81. The van der Waals surface area contributed by atoms with E-state index in [9.17, 15) is 9.18 Å². The van der Waals surface area contributed by atoms with Gasteiger partial charge >= 0.3 is 0 Å². The SMILES string of the molecule is NNC(=O)c1snnc1-c1ccc(F)cc1. The highest BCUT2D eigenvalue weighted by Crippen LogP contribution is 2.23. The molecule has 0 saturated carbocycles. The highest BCUT2D eigenvalue weighted by atomic mass is 32.1. The van der Waals surface area contributed by atoms with E-state index in [1.807, 2.05) is 5.43 Å². The fourth-order valence-electron chi connectivity index (χ4n) is 1.20. The first-order chi connectivity index (χ1) is 7.72. The number of carbonyl (C=O) groups excluding carboxylic acids is 1. The van der Waals surface area contributed by atoms with Crippen molar-refractivity contribution in [3.63, 3.8) is 0 Å². The molecule has 82 valence electrons. The minimum Gasteiger partial charge on any atom is -0.289 e. The number of aromatic nitrogens is 2. The molecule has 7 heteroatoms. The van der Waals surface area contributed by atoms with Crippen LogP contribution in [-0.2, 0) is 0 Å². The Labute approximate surface area is 94.2 Å². The Morgan fingerprint density at radius 3 is 2.69 bits per heavy atom. The standard InChI is InChI=1S/C9H7FN4OS/c10-6-3-1-5(2-4-6)7-8(9(15)12-11)16-14-13-7/h1-4H,11H2,(H,12,15). The fourth-order valence-corrected chi connectivity index (χ4v) is 1.79. The van der Waals surface area contributed by atoms with Gasteiger partial charge in [0.05, 0.1) is 0 Å². The molecule has 0 atom stereocenters. The largest absolute Gasteiger partial charge is 0.289 e. The number of rotatable bonds is 2. The summed E-state index contributed by atoms with van der Waals surface area (Å²) in [5.41, 5.74) is 3.02. The summed E-state index contributed by atoms with van der Waals surface area (Å²) in [6, 6.07) is 5.64. The van der Waals surface area contributed by atoms with Gasteiger partial charge in [-0.15, -0.1) is 5.10 Å². The number of nitrogen functional groups attached to an aromatic ring is 1. The molecular formula is C9H7FN4OS. The Morgan fingerprint density at radius 2 is 2.06 bits per heavy atom. The van der Waals surface area contributed by atoms with Crippen molar-refractivity contribution < 1.29 is 9.18 Å². The lowest BCUT2D eigenvalue weighted by molar-refractivity contribution is 0.0958. The van der Waals surface area contributed by atoms with Crippen LogP contribution >= 0.6 is 11.5 Å². The number of hydrogen-bond acceptors (Lipinski definition) is 5. The first kappa shape index (κ1) is 10.7. The molecule has 5 nitrogen and oxygen atoms in total. The number of nitrogens with two attached hydrogens (primary N) is 1. The molecule has 0 aliphatic rings. The second kappa shape index (κ2) is 4.33. The Morgan fingerprint density at radius 1 is 1.38 bits per heavy atom. The van der Waals surface area contributed by atoms with Crippen LogP contribution < -0.4 is 11.3 Å². The van der Waals surface area contributed by atoms with Crippen molar-refractivity contribution in [1.82, 2.24) is 15.0 Å². The first-order valence-corrected chi connectivity index (χ1v) is 5.09. The van der Waals surface area contributed by atoms with Crippen LogP contribution in [0.5, 0.6) is 0 Å². The van der Waals surface area contributed by atoms with E-state index < -0.39 is 5.91 Å². The predicted octanol–water partition coefficient (Wildman–Crippen LogP) is 0.948. The van der Waals surface area contributed by atoms with Crippen LogP contribution in [0.15, 0.2) is 24.3 Å². The molecule has 0 aliphatic carbocycles. The quantitative estimate of drug-likeness (QED) is 0.463. The molecule has 3 N–H and O–H groups in total. The van der Waals surface area contributed by atoms with Crippen molar-refractivity contribution in [3.05, 3.63) is 35.0 Å². The van der Waals surface area contributed by atoms with Gasteiger partial charge in [0, 0.05) is 5.56 Å². The number of hydrazine groups is 1. The highest BCUT2D eigenvalue weighted by molar-refractivity contribution is 7.08. The first-order valence-electron chi connectivity index (χ1n) is 4.31. The van der Waals surface area contributed by atoms with E-state index in [0.29, 0.717) is 16.1 Å². The predicted molar refractivity (Wildman–Crippen MR) is 57.0 cm³/mol. The molecule has 1 amide bonds. The zero-order chi connectivity index (χ0) is 11.5. The molecule has 0 bridgehead atoms. The molecule has 0 saturated heterocycles. The zero-order valence-electron chi connectivity index (χ0n) is 7.98. The number of hydrogen-bond donors (Lipinski definition) is 2. The maximum Gasteiger partial charge on any atom is 0.279 e. The summed E-state index contributed by atoms with van der Waals surface area (Å²) in [6.45, 7) is 0. The van der Waals surface area contributed by atoms with Gasteiger partial charge in [0.2, 0.25) is 0 Å². The third-order valence-electron chi connectivity index (χ3n) is 1.94. The van der Waals surface area contributed by atoms with Gasteiger partial charge in [0.25, 0.3) is 5.91 Å². The molecule has 0 radical (unpaired) electrons. The van der Waals surface area contributed by atoms with Crippen molar-refractivity contribution in [2.45, 2.75) is 0 Å². The van der Waals surface area contributed by atoms with Crippen LogP contribution in [0.3, 0.4) is 0 Å². The molecule has 2 aromatic rings. The molecule has 1 aromatic carbocycles. The van der Waals surface area contributed by atoms with Gasteiger partial charge in [-0.05, 0) is 35.8 Å². The molecule has 0 unspecified atom stereocenters. The monoisotopic (exact) mass is 238 g/mol. The lowest BCUT2D eigenvalue weighted by atomic mass is 10.1. The van der Waals surface area contributed by atoms with Gasteiger partial charge in [-0.1, -0.05) is 4.49 Å². The molecule has 1 heterocycles. The van der Waals surface area contributed by atoms with Crippen LogP contribution in [0.4, 0.5) is 4.39 Å². The van der Waals surface area contributed by atoms with Crippen molar-refractivity contribution in [2.24, 2.45) is 5.84 Å². The lowest BCUT2D eigenvalue weighted by Gasteiger charge is -1.99. The highest BCUT2D eigenvalue weighted by Gasteiger charge is 2.16. The number of halogens is 1. The molecule has 0 fully saturated rings. The third kappa shape index (κ3) is 1.90. The minimum absolute atomic E-state index is 0.300. The molecule has 16 heavy (non-hydrogen) atoms. The van der Waals surface area contributed by atoms with E-state index >= 15 is 0 Å². The summed E-state index contributed by atoms with van der Waals surface area (Å²) >= 11 is 0.934. The van der Waals surface area contributed by atoms with Gasteiger partial charge in [-0.3, -0.25) is 10.2 Å². The van der Waals surface area contributed by atoms with Gasteiger partial charge in [0.1, 0.15) is 16.4 Å². The van der Waals surface area contributed by atoms with Crippen molar-refractivity contribution in [2.75, 3.05) is 0 Å². The Kier molecular flexibility index (Phi) is 2.88. The van der Waals surface area contributed by atoms with Crippen molar-refractivity contribution >= 4 is 17.4 Å². The van der Waals surface area contributed by atoms with Crippen molar-refractivity contribution in [1.29, 1.82) is 0 Å².